The van der Waals surface area contributed by atoms with Crippen molar-refractivity contribution in [2.24, 2.45) is 5.73 Å². The third-order valence-electron chi connectivity index (χ3n) is 1.58. The molecule has 0 bridgehead atoms. The summed E-state index contributed by atoms with van der Waals surface area (Å²) in [5, 5.41) is 17.6. The number of carboxylic acids is 1. The predicted molar refractivity (Wildman–Crippen MR) is 41.2 cm³/mol. The fourth-order valence-corrected chi connectivity index (χ4v) is 0.720. The molecule has 0 saturated heterocycles. The molecule has 4 nitrogen and oxygen atoms in total. The minimum absolute atomic E-state index is 0.263. The van der Waals surface area contributed by atoms with Crippen molar-refractivity contribution in [3.63, 3.8) is 0 Å². The summed E-state index contributed by atoms with van der Waals surface area (Å²) in [6.07, 6.45) is 1.67. The Labute approximate surface area is 66.0 Å². The first-order valence-electron chi connectivity index (χ1n) is 3.66. The van der Waals surface area contributed by atoms with Crippen molar-refractivity contribution in [3.05, 3.63) is 0 Å². The van der Waals surface area contributed by atoms with Crippen molar-refractivity contribution in [1.82, 2.24) is 0 Å². The molecule has 0 aliphatic heterocycles. The van der Waals surface area contributed by atoms with Gasteiger partial charge in [0.05, 0.1) is 0 Å². The molecular formula is C7H15NO3. The molecule has 4 heteroatoms. The molecule has 0 amide bonds. The standard InChI is InChI=1S/C7H15NO3/c1-7(11,6(9)10)4-2-3-5-8/h11H,2-5,8H2,1H3,(H,9,10). The van der Waals surface area contributed by atoms with Crippen LogP contribution in [0, 0.1) is 0 Å². The normalized spacial score (nSPS) is 15.9. The zero-order chi connectivity index (χ0) is 8.91. The van der Waals surface area contributed by atoms with E-state index >= 15 is 0 Å². The first-order chi connectivity index (χ1) is 5.00. The molecule has 66 valence electrons. The molecule has 0 heterocycles. The Kier molecular flexibility index (Phi) is 4.07. The summed E-state index contributed by atoms with van der Waals surface area (Å²) in [4.78, 5) is 10.3. The number of aliphatic carboxylic acids is 1. The van der Waals surface area contributed by atoms with E-state index in [4.69, 9.17) is 10.8 Å². The van der Waals surface area contributed by atoms with Gasteiger partial charge < -0.3 is 15.9 Å². The van der Waals surface area contributed by atoms with E-state index in [2.05, 4.69) is 0 Å². The number of unbranched alkanes of at least 4 members (excludes halogenated alkanes) is 1. The highest BCUT2D eigenvalue weighted by Gasteiger charge is 2.28. The molecule has 0 aromatic rings. The Bertz CT molecular complexity index is 134. The molecule has 0 aromatic heterocycles. The van der Waals surface area contributed by atoms with Crippen LogP contribution in [0.3, 0.4) is 0 Å². The summed E-state index contributed by atoms with van der Waals surface area (Å²) < 4.78 is 0. The molecule has 0 aliphatic carbocycles. The van der Waals surface area contributed by atoms with Gasteiger partial charge in [0, 0.05) is 0 Å². The SMILES string of the molecule is CC(O)(CCCCN)C(=O)O. The molecule has 1 atom stereocenters. The van der Waals surface area contributed by atoms with E-state index < -0.39 is 11.6 Å². The van der Waals surface area contributed by atoms with Gasteiger partial charge >= 0.3 is 5.97 Å². The summed E-state index contributed by atoms with van der Waals surface area (Å²) in [7, 11) is 0. The third-order valence-corrected chi connectivity index (χ3v) is 1.58. The van der Waals surface area contributed by atoms with Crippen LogP contribution in [0.15, 0.2) is 0 Å². The van der Waals surface area contributed by atoms with Crippen LogP contribution in [0.2, 0.25) is 0 Å². The lowest BCUT2D eigenvalue weighted by Crippen LogP contribution is -2.34. The lowest BCUT2D eigenvalue weighted by Gasteiger charge is -2.16. The lowest BCUT2D eigenvalue weighted by atomic mass is 9.99. The summed E-state index contributed by atoms with van der Waals surface area (Å²) in [6, 6.07) is 0. The number of hydrogen-bond donors (Lipinski definition) is 3. The van der Waals surface area contributed by atoms with Crippen molar-refractivity contribution in [2.45, 2.75) is 31.8 Å². The smallest absolute Gasteiger partial charge is 0.335 e. The van der Waals surface area contributed by atoms with Crippen LogP contribution in [-0.4, -0.2) is 28.3 Å². The number of rotatable bonds is 5. The van der Waals surface area contributed by atoms with Crippen molar-refractivity contribution in [1.29, 1.82) is 0 Å². The maximum Gasteiger partial charge on any atom is 0.335 e. The monoisotopic (exact) mass is 161 g/mol. The van der Waals surface area contributed by atoms with Crippen LogP contribution < -0.4 is 5.73 Å². The highest BCUT2D eigenvalue weighted by Crippen LogP contribution is 2.12. The quantitative estimate of drug-likeness (QED) is 0.494. The van der Waals surface area contributed by atoms with E-state index in [-0.39, 0.29) is 6.42 Å². The number of aliphatic hydroxyl groups is 1. The van der Waals surface area contributed by atoms with E-state index in [1.807, 2.05) is 0 Å². The van der Waals surface area contributed by atoms with E-state index in [9.17, 15) is 9.90 Å². The second-order valence-corrected chi connectivity index (χ2v) is 2.82. The Morgan fingerprint density at radius 2 is 2.09 bits per heavy atom. The van der Waals surface area contributed by atoms with Crippen molar-refractivity contribution < 1.29 is 15.0 Å². The second-order valence-electron chi connectivity index (χ2n) is 2.82. The molecule has 0 spiro atoms. The molecular weight excluding hydrogens is 146 g/mol. The lowest BCUT2D eigenvalue weighted by molar-refractivity contribution is -0.157. The van der Waals surface area contributed by atoms with Gasteiger partial charge in [0.2, 0.25) is 0 Å². The van der Waals surface area contributed by atoms with Crippen LogP contribution in [0.4, 0.5) is 0 Å². The molecule has 0 aliphatic rings. The van der Waals surface area contributed by atoms with Crippen LogP contribution in [0.5, 0.6) is 0 Å². The average Bonchev–Trinajstić information content (AvgIpc) is 1.88. The van der Waals surface area contributed by atoms with Gasteiger partial charge in [-0.1, -0.05) is 0 Å². The predicted octanol–water partition coefficient (Wildman–Crippen LogP) is -0.0490. The highest BCUT2D eigenvalue weighted by atomic mass is 16.4. The van der Waals surface area contributed by atoms with Crippen LogP contribution in [-0.2, 0) is 4.79 Å². The Balaban J connectivity index is 3.64. The fourth-order valence-electron chi connectivity index (χ4n) is 0.720. The third kappa shape index (κ3) is 3.95. The molecule has 1 unspecified atom stereocenters. The van der Waals surface area contributed by atoms with Gasteiger partial charge in [-0.25, -0.2) is 4.79 Å². The molecule has 0 fully saturated rings. The minimum atomic E-state index is -1.59. The Hall–Kier alpha value is -0.610. The van der Waals surface area contributed by atoms with Gasteiger partial charge in [0.25, 0.3) is 0 Å². The van der Waals surface area contributed by atoms with Crippen molar-refractivity contribution >= 4 is 5.97 Å². The zero-order valence-electron chi connectivity index (χ0n) is 6.71. The van der Waals surface area contributed by atoms with Crippen LogP contribution in [0.1, 0.15) is 26.2 Å². The van der Waals surface area contributed by atoms with E-state index in [1.165, 1.54) is 6.92 Å². The first kappa shape index (κ1) is 10.4. The highest BCUT2D eigenvalue weighted by molar-refractivity contribution is 5.76. The van der Waals surface area contributed by atoms with Crippen molar-refractivity contribution in [3.8, 4) is 0 Å². The molecule has 0 rings (SSSR count). The number of carboxylic acid groups (broad SMARTS) is 1. The van der Waals surface area contributed by atoms with Gasteiger partial charge in [-0.05, 0) is 32.7 Å². The maximum atomic E-state index is 10.3. The Morgan fingerprint density at radius 3 is 2.45 bits per heavy atom. The van der Waals surface area contributed by atoms with E-state index in [1.54, 1.807) is 0 Å². The van der Waals surface area contributed by atoms with E-state index in [0.717, 1.165) is 6.42 Å². The Morgan fingerprint density at radius 1 is 1.55 bits per heavy atom. The van der Waals surface area contributed by atoms with Gasteiger partial charge in [0.1, 0.15) is 0 Å². The molecule has 0 aromatic carbocycles. The summed E-state index contributed by atoms with van der Waals surface area (Å²) >= 11 is 0. The number of hydrogen-bond acceptors (Lipinski definition) is 3. The van der Waals surface area contributed by atoms with Gasteiger partial charge in [-0.2, -0.15) is 0 Å². The molecule has 4 N–H and O–H groups in total. The zero-order valence-corrected chi connectivity index (χ0v) is 6.71. The minimum Gasteiger partial charge on any atom is -0.479 e. The second kappa shape index (κ2) is 4.31. The van der Waals surface area contributed by atoms with Crippen LogP contribution >= 0.6 is 0 Å². The first-order valence-corrected chi connectivity index (χ1v) is 3.66. The number of nitrogens with two attached hydrogens (primary N) is 1. The molecule has 0 radical (unpaired) electrons. The summed E-state index contributed by atoms with van der Waals surface area (Å²) in [6.45, 7) is 1.83. The fraction of sp³-hybridized carbons (Fsp3) is 0.857. The summed E-state index contributed by atoms with van der Waals surface area (Å²) in [5.74, 6) is -1.17. The maximum absolute atomic E-state index is 10.3. The molecule has 0 saturated carbocycles. The molecule has 11 heavy (non-hydrogen) atoms. The van der Waals surface area contributed by atoms with Gasteiger partial charge in [-0.3, -0.25) is 0 Å². The van der Waals surface area contributed by atoms with Gasteiger partial charge in [0.15, 0.2) is 5.60 Å². The van der Waals surface area contributed by atoms with E-state index in [0.29, 0.717) is 13.0 Å². The van der Waals surface area contributed by atoms with Crippen LogP contribution in [0.25, 0.3) is 0 Å². The number of carbonyl (C=O) groups is 1. The average molecular weight is 161 g/mol. The van der Waals surface area contributed by atoms with Gasteiger partial charge in [-0.15, -0.1) is 0 Å². The summed E-state index contributed by atoms with van der Waals surface area (Å²) in [5.41, 5.74) is 3.62. The largest absolute Gasteiger partial charge is 0.479 e. The topological polar surface area (TPSA) is 83.5 Å². The van der Waals surface area contributed by atoms with Crippen molar-refractivity contribution in [2.75, 3.05) is 6.54 Å².